The fourth-order valence-electron chi connectivity index (χ4n) is 2.51. The van der Waals surface area contributed by atoms with Crippen LogP contribution in [0.4, 0.5) is 0 Å². The van der Waals surface area contributed by atoms with Gasteiger partial charge in [0.25, 0.3) is 0 Å². The van der Waals surface area contributed by atoms with Crippen molar-refractivity contribution in [3.63, 3.8) is 0 Å². The molecule has 0 unspecified atom stereocenters. The molecule has 5 nitrogen and oxygen atoms in total. The van der Waals surface area contributed by atoms with Gasteiger partial charge in [-0.2, -0.15) is 0 Å². The third kappa shape index (κ3) is 2.63. The zero-order valence-electron chi connectivity index (χ0n) is 12.6. The minimum absolute atomic E-state index is 0.00800. The summed E-state index contributed by atoms with van der Waals surface area (Å²) in [6.45, 7) is 7.69. The zero-order chi connectivity index (χ0) is 15.7. The molecule has 0 aliphatic heterocycles. The zero-order valence-corrected chi connectivity index (χ0v) is 12.6. The predicted octanol–water partition coefficient (Wildman–Crippen LogP) is 2.82. The summed E-state index contributed by atoms with van der Waals surface area (Å²) in [7, 11) is 0. The van der Waals surface area contributed by atoms with Crippen LogP contribution >= 0.6 is 0 Å². The first-order chi connectivity index (χ1) is 9.86. The van der Waals surface area contributed by atoms with Crippen LogP contribution in [0.2, 0.25) is 0 Å². The van der Waals surface area contributed by atoms with Crippen LogP contribution in [0.1, 0.15) is 36.8 Å². The summed E-state index contributed by atoms with van der Waals surface area (Å²) >= 11 is 0. The van der Waals surface area contributed by atoms with Crippen molar-refractivity contribution in [2.75, 3.05) is 0 Å². The molecule has 21 heavy (non-hydrogen) atoms. The molecule has 0 saturated heterocycles. The van der Waals surface area contributed by atoms with Crippen LogP contribution in [0.5, 0.6) is 5.75 Å². The third-order valence-electron chi connectivity index (χ3n) is 3.36. The number of hydrogen-bond donors (Lipinski definition) is 1. The molecule has 0 fully saturated rings. The van der Waals surface area contributed by atoms with Crippen molar-refractivity contribution in [3.8, 4) is 5.75 Å². The van der Waals surface area contributed by atoms with E-state index in [4.69, 9.17) is 4.74 Å². The maximum Gasteiger partial charge on any atom is 0.352 e. The Balaban J connectivity index is 2.85. The van der Waals surface area contributed by atoms with Crippen LogP contribution in [-0.4, -0.2) is 21.7 Å². The van der Waals surface area contributed by atoms with Crippen molar-refractivity contribution in [2.24, 2.45) is 0 Å². The number of aryl methyl sites for hydroxylation is 1. The minimum atomic E-state index is -1.09. The van der Waals surface area contributed by atoms with Gasteiger partial charge in [0, 0.05) is 23.6 Å². The maximum atomic E-state index is 12.3. The summed E-state index contributed by atoms with van der Waals surface area (Å²) in [5, 5.41) is 9.89. The normalized spacial score (nSPS) is 11.1. The summed E-state index contributed by atoms with van der Waals surface area (Å²) < 4.78 is 7.27. The largest absolute Gasteiger partial charge is 0.491 e. The van der Waals surface area contributed by atoms with E-state index >= 15 is 0 Å². The van der Waals surface area contributed by atoms with Crippen molar-refractivity contribution >= 4 is 16.9 Å². The fraction of sp³-hybridized carbons (Fsp3) is 0.375. The average Bonchev–Trinajstić information content (AvgIpc) is 2.41. The number of rotatable bonds is 4. The molecule has 5 heteroatoms. The van der Waals surface area contributed by atoms with Crippen LogP contribution in [0, 0.1) is 6.92 Å². The fourth-order valence-corrected chi connectivity index (χ4v) is 2.51. The molecule has 2 rings (SSSR count). The van der Waals surface area contributed by atoms with Crippen molar-refractivity contribution < 1.29 is 14.6 Å². The first-order valence-electron chi connectivity index (χ1n) is 6.93. The molecular formula is C16H19NO4. The molecule has 1 heterocycles. The molecular weight excluding hydrogens is 270 g/mol. The van der Waals surface area contributed by atoms with E-state index in [0.717, 1.165) is 0 Å². The monoisotopic (exact) mass is 289 g/mol. The van der Waals surface area contributed by atoms with Gasteiger partial charge >= 0.3 is 5.97 Å². The van der Waals surface area contributed by atoms with Crippen molar-refractivity contribution in [1.82, 2.24) is 4.57 Å². The Kier molecular flexibility index (Phi) is 4.02. The highest BCUT2D eigenvalue weighted by molar-refractivity contribution is 5.92. The van der Waals surface area contributed by atoms with Crippen molar-refractivity contribution in [3.05, 3.63) is 39.7 Å². The SMILES string of the molecule is CCn1c(C(=O)O)c(C)c(=O)c2ccc(OC(C)C)cc21. The van der Waals surface area contributed by atoms with Crippen LogP contribution in [0.3, 0.4) is 0 Å². The Morgan fingerprint density at radius 3 is 2.57 bits per heavy atom. The van der Waals surface area contributed by atoms with E-state index in [2.05, 4.69) is 0 Å². The third-order valence-corrected chi connectivity index (χ3v) is 3.36. The number of pyridine rings is 1. The molecule has 0 spiro atoms. The van der Waals surface area contributed by atoms with Gasteiger partial charge in [-0.05, 0) is 39.8 Å². The second-order valence-electron chi connectivity index (χ2n) is 5.20. The number of nitrogens with zero attached hydrogens (tertiary/aromatic N) is 1. The minimum Gasteiger partial charge on any atom is -0.491 e. The number of carboxylic acids is 1. The number of carbonyl (C=O) groups is 1. The first kappa shape index (κ1) is 15.1. The second-order valence-corrected chi connectivity index (χ2v) is 5.20. The van der Waals surface area contributed by atoms with Crippen LogP contribution in [0.15, 0.2) is 23.0 Å². The van der Waals surface area contributed by atoms with E-state index in [1.807, 2.05) is 20.8 Å². The van der Waals surface area contributed by atoms with E-state index in [1.165, 1.54) is 0 Å². The number of aromatic nitrogens is 1. The lowest BCUT2D eigenvalue weighted by Gasteiger charge is -2.16. The second kappa shape index (κ2) is 5.60. The number of benzene rings is 1. The quantitative estimate of drug-likeness (QED) is 0.939. The first-order valence-corrected chi connectivity index (χ1v) is 6.93. The van der Waals surface area contributed by atoms with Gasteiger partial charge in [0.1, 0.15) is 11.4 Å². The predicted molar refractivity (Wildman–Crippen MR) is 81.3 cm³/mol. The topological polar surface area (TPSA) is 68.5 Å². The highest BCUT2D eigenvalue weighted by Crippen LogP contribution is 2.22. The average molecular weight is 289 g/mol. The van der Waals surface area contributed by atoms with Gasteiger partial charge in [0.2, 0.25) is 0 Å². The Hall–Kier alpha value is -2.30. The molecule has 0 aliphatic carbocycles. The summed E-state index contributed by atoms with van der Waals surface area (Å²) in [4.78, 5) is 23.8. The number of fused-ring (bicyclic) bond motifs is 1. The van der Waals surface area contributed by atoms with E-state index in [1.54, 1.807) is 29.7 Å². The van der Waals surface area contributed by atoms with E-state index < -0.39 is 5.97 Å². The highest BCUT2D eigenvalue weighted by atomic mass is 16.5. The van der Waals surface area contributed by atoms with Gasteiger partial charge < -0.3 is 14.4 Å². The summed E-state index contributed by atoms with van der Waals surface area (Å²) in [6, 6.07) is 5.16. The molecule has 1 N–H and O–H groups in total. The van der Waals surface area contributed by atoms with Gasteiger partial charge in [-0.3, -0.25) is 4.79 Å². The Morgan fingerprint density at radius 2 is 2.05 bits per heavy atom. The van der Waals surface area contributed by atoms with Gasteiger partial charge in [-0.15, -0.1) is 0 Å². The van der Waals surface area contributed by atoms with Crippen molar-refractivity contribution in [2.45, 2.75) is 40.3 Å². The Bertz CT molecular complexity index is 759. The van der Waals surface area contributed by atoms with Crippen LogP contribution in [0.25, 0.3) is 10.9 Å². The van der Waals surface area contributed by atoms with Gasteiger partial charge in [0.15, 0.2) is 5.43 Å². The molecule has 0 saturated carbocycles. The molecule has 1 aromatic heterocycles. The Labute approximate surface area is 122 Å². The molecule has 112 valence electrons. The standard InChI is InChI=1S/C16H19NO4/c1-5-17-13-8-11(21-9(2)3)6-7-12(13)15(18)10(4)14(17)16(19)20/h6-9H,5H2,1-4H3,(H,19,20). The number of aromatic carboxylic acids is 1. The highest BCUT2D eigenvalue weighted by Gasteiger charge is 2.18. The van der Waals surface area contributed by atoms with E-state index in [0.29, 0.717) is 23.2 Å². The molecule has 0 amide bonds. The van der Waals surface area contributed by atoms with Gasteiger partial charge in [-0.1, -0.05) is 0 Å². The summed E-state index contributed by atoms with van der Waals surface area (Å²) in [5.74, 6) is -0.470. The van der Waals surface area contributed by atoms with E-state index in [9.17, 15) is 14.7 Å². The van der Waals surface area contributed by atoms with Gasteiger partial charge in [-0.25, -0.2) is 4.79 Å². The lowest BCUT2D eigenvalue weighted by atomic mass is 10.1. The molecule has 2 aromatic rings. The van der Waals surface area contributed by atoms with Crippen LogP contribution < -0.4 is 10.2 Å². The molecule has 0 atom stereocenters. The molecule has 0 aliphatic rings. The smallest absolute Gasteiger partial charge is 0.352 e. The number of ether oxygens (including phenoxy) is 1. The summed E-state index contributed by atoms with van der Waals surface area (Å²) in [5.41, 5.74) is 0.637. The Morgan fingerprint density at radius 1 is 1.38 bits per heavy atom. The molecule has 0 bridgehead atoms. The molecule has 1 aromatic carbocycles. The number of hydrogen-bond acceptors (Lipinski definition) is 3. The maximum absolute atomic E-state index is 12.3. The lowest BCUT2D eigenvalue weighted by Crippen LogP contribution is -2.21. The van der Waals surface area contributed by atoms with Gasteiger partial charge in [0.05, 0.1) is 11.6 Å². The van der Waals surface area contributed by atoms with E-state index in [-0.39, 0.29) is 22.8 Å². The van der Waals surface area contributed by atoms with Crippen molar-refractivity contribution in [1.29, 1.82) is 0 Å². The van der Waals surface area contributed by atoms with Crippen LogP contribution in [-0.2, 0) is 6.54 Å². The summed E-state index contributed by atoms with van der Waals surface area (Å²) in [6.07, 6.45) is 0.00800. The number of carboxylic acid groups (broad SMARTS) is 1. The lowest BCUT2D eigenvalue weighted by molar-refractivity contribution is 0.0684. The molecule has 0 radical (unpaired) electrons.